The molecule has 1 aliphatic rings. The van der Waals surface area contributed by atoms with Gasteiger partial charge in [-0.25, -0.2) is 4.79 Å². The summed E-state index contributed by atoms with van der Waals surface area (Å²) in [4.78, 5) is 37.9. The Balaban J connectivity index is 1.63. The van der Waals surface area contributed by atoms with Crippen LogP contribution in [0.15, 0.2) is 59.8 Å². The molecule has 0 unspecified atom stereocenters. The summed E-state index contributed by atoms with van der Waals surface area (Å²) in [5, 5.41) is 26.1. The first-order valence-electron chi connectivity index (χ1n) is 9.62. The minimum absolute atomic E-state index is 0.0372. The van der Waals surface area contributed by atoms with E-state index in [1.165, 1.54) is 4.90 Å². The highest BCUT2D eigenvalue weighted by molar-refractivity contribution is 6.02. The molecule has 0 radical (unpaired) electrons. The van der Waals surface area contributed by atoms with E-state index in [-0.39, 0.29) is 18.2 Å². The average molecular weight is 425 g/mol. The van der Waals surface area contributed by atoms with Gasteiger partial charge in [-0.2, -0.15) is 0 Å². The normalized spacial score (nSPS) is 17.3. The molecule has 6 N–H and O–H groups in total. The number of nitrogens with one attached hydrogen (secondary N) is 2. The number of hydrogen-bond donors (Lipinski definition) is 5. The molecule has 0 aliphatic carbocycles. The maximum Gasteiger partial charge on any atom is 0.315 e. The molecule has 1 fully saturated rings. The van der Waals surface area contributed by atoms with Gasteiger partial charge in [0.1, 0.15) is 6.04 Å². The Bertz CT molecular complexity index is 977. The third-order valence-electron chi connectivity index (χ3n) is 4.98. The summed E-state index contributed by atoms with van der Waals surface area (Å²) >= 11 is 0. The van der Waals surface area contributed by atoms with Crippen molar-refractivity contribution < 1.29 is 24.7 Å². The molecule has 2 aromatic carbocycles. The van der Waals surface area contributed by atoms with E-state index in [1.54, 1.807) is 54.6 Å². The summed E-state index contributed by atoms with van der Waals surface area (Å²) in [6.45, 7) is 0.407. The van der Waals surface area contributed by atoms with Gasteiger partial charge < -0.3 is 31.6 Å². The van der Waals surface area contributed by atoms with E-state index in [0.717, 1.165) is 0 Å². The molecule has 2 aromatic rings. The van der Waals surface area contributed by atoms with Gasteiger partial charge in [-0.15, -0.1) is 0 Å². The average Bonchev–Trinajstić information content (AvgIpc) is 3.13. The number of nitrogens with two attached hydrogens (primary N) is 1. The van der Waals surface area contributed by atoms with E-state index >= 15 is 0 Å². The third-order valence-corrected chi connectivity index (χ3v) is 4.98. The predicted octanol–water partition coefficient (Wildman–Crippen LogP) is 1.40. The Hall–Kier alpha value is -4.08. The van der Waals surface area contributed by atoms with Gasteiger partial charge in [0.05, 0.1) is 12.5 Å². The Labute approximate surface area is 178 Å². The van der Waals surface area contributed by atoms with E-state index in [9.17, 15) is 14.4 Å². The number of aliphatic carboxylic acids is 1. The van der Waals surface area contributed by atoms with Crippen molar-refractivity contribution in [3.63, 3.8) is 0 Å². The van der Waals surface area contributed by atoms with Crippen LogP contribution in [-0.4, -0.2) is 46.6 Å². The van der Waals surface area contributed by atoms with Crippen LogP contribution in [0.3, 0.4) is 0 Å². The van der Waals surface area contributed by atoms with Crippen molar-refractivity contribution in [2.75, 3.05) is 11.4 Å². The molecule has 0 saturated carbocycles. The minimum Gasteiger partial charge on any atom is -0.481 e. The second-order valence-corrected chi connectivity index (χ2v) is 7.04. The quantitative estimate of drug-likeness (QED) is 0.195. The van der Waals surface area contributed by atoms with E-state index in [2.05, 4.69) is 15.8 Å². The van der Waals surface area contributed by atoms with Gasteiger partial charge in [-0.3, -0.25) is 9.59 Å². The Morgan fingerprint density at radius 2 is 1.84 bits per heavy atom. The fourth-order valence-electron chi connectivity index (χ4n) is 3.41. The SMILES string of the molecule is NC(=NO)c1ccc(N2CC[C@H](NC(=O)N[C@@H](CC(=O)O)c3ccccc3)C2=O)cc1. The summed E-state index contributed by atoms with van der Waals surface area (Å²) in [5.74, 6) is -1.36. The molecule has 10 nitrogen and oxygen atoms in total. The zero-order chi connectivity index (χ0) is 22.4. The van der Waals surface area contributed by atoms with E-state index < -0.39 is 24.1 Å². The number of urea groups is 1. The summed E-state index contributed by atoms with van der Waals surface area (Å²) in [6.07, 6.45) is 0.123. The number of hydrogen-bond acceptors (Lipinski definition) is 5. The fraction of sp³-hybridized carbons (Fsp3) is 0.238. The van der Waals surface area contributed by atoms with Crippen LogP contribution in [0.2, 0.25) is 0 Å². The first-order chi connectivity index (χ1) is 14.9. The summed E-state index contributed by atoms with van der Waals surface area (Å²) in [7, 11) is 0. The molecule has 31 heavy (non-hydrogen) atoms. The molecule has 10 heteroatoms. The molecule has 0 spiro atoms. The maximum absolute atomic E-state index is 12.8. The first kappa shape index (κ1) is 21.6. The smallest absolute Gasteiger partial charge is 0.315 e. The molecule has 3 amide bonds. The van der Waals surface area contributed by atoms with Crippen molar-refractivity contribution in [1.82, 2.24) is 10.6 Å². The zero-order valence-electron chi connectivity index (χ0n) is 16.6. The van der Waals surface area contributed by atoms with E-state index in [1.807, 2.05) is 0 Å². The van der Waals surface area contributed by atoms with Gasteiger partial charge in [0, 0.05) is 17.8 Å². The zero-order valence-corrected chi connectivity index (χ0v) is 16.6. The predicted molar refractivity (Wildman–Crippen MR) is 113 cm³/mol. The largest absolute Gasteiger partial charge is 0.481 e. The van der Waals surface area contributed by atoms with Crippen LogP contribution in [0.4, 0.5) is 10.5 Å². The molecule has 0 aromatic heterocycles. The van der Waals surface area contributed by atoms with Crippen LogP contribution in [0.1, 0.15) is 30.0 Å². The Morgan fingerprint density at radius 1 is 1.16 bits per heavy atom. The number of rotatable bonds is 7. The molecule has 1 saturated heterocycles. The number of anilines is 1. The minimum atomic E-state index is -1.05. The summed E-state index contributed by atoms with van der Waals surface area (Å²) in [6, 6.07) is 13.3. The first-order valence-corrected chi connectivity index (χ1v) is 9.62. The standard InChI is InChI=1S/C21H23N5O5/c22-19(25-31)14-6-8-15(9-7-14)26-11-10-16(20(26)29)23-21(30)24-17(12-18(27)28)13-4-2-1-3-5-13/h1-9,16-17,31H,10-12H2,(H2,22,25)(H,27,28)(H2,23,24,30)/t16-,17-/m0/s1. The number of carboxylic acid groups (broad SMARTS) is 1. The lowest BCUT2D eigenvalue weighted by Gasteiger charge is -2.20. The van der Waals surface area contributed by atoms with Gasteiger partial charge in [0.25, 0.3) is 0 Å². The fourth-order valence-corrected chi connectivity index (χ4v) is 3.41. The lowest BCUT2D eigenvalue weighted by molar-refractivity contribution is -0.137. The monoisotopic (exact) mass is 425 g/mol. The van der Waals surface area contributed by atoms with Crippen LogP contribution < -0.4 is 21.3 Å². The van der Waals surface area contributed by atoms with Gasteiger partial charge in [-0.05, 0) is 36.2 Å². The molecular weight excluding hydrogens is 402 g/mol. The van der Waals surface area contributed by atoms with E-state index in [4.69, 9.17) is 16.0 Å². The van der Waals surface area contributed by atoms with Gasteiger partial charge in [0.2, 0.25) is 5.91 Å². The van der Waals surface area contributed by atoms with Crippen molar-refractivity contribution in [3.05, 3.63) is 65.7 Å². The number of amidine groups is 1. The molecule has 3 rings (SSSR count). The molecule has 2 atom stereocenters. The molecule has 162 valence electrons. The molecule has 0 bridgehead atoms. The number of benzene rings is 2. The van der Waals surface area contributed by atoms with Crippen molar-refractivity contribution in [2.24, 2.45) is 10.9 Å². The van der Waals surface area contributed by atoms with Crippen molar-refractivity contribution in [2.45, 2.75) is 24.9 Å². The topological polar surface area (TPSA) is 157 Å². The van der Waals surface area contributed by atoms with Crippen LogP contribution in [0, 0.1) is 0 Å². The molecule has 1 heterocycles. The highest BCUT2D eigenvalue weighted by Gasteiger charge is 2.34. The number of amides is 3. The highest BCUT2D eigenvalue weighted by Crippen LogP contribution is 2.22. The maximum atomic E-state index is 12.8. The van der Waals surface area contributed by atoms with Crippen molar-refractivity contribution in [3.8, 4) is 0 Å². The van der Waals surface area contributed by atoms with Crippen molar-refractivity contribution >= 4 is 29.4 Å². The second-order valence-electron chi connectivity index (χ2n) is 7.04. The number of carbonyl (C=O) groups is 3. The Kier molecular flexibility index (Phi) is 6.71. The van der Waals surface area contributed by atoms with Crippen LogP contribution in [0.25, 0.3) is 0 Å². The highest BCUT2D eigenvalue weighted by atomic mass is 16.4. The summed E-state index contributed by atoms with van der Waals surface area (Å²) in [5.41, 5.74) is 7.33. The lowest BCUT2D eigenvalue weighted by atomic mass is 10.0. The molecular formula is C21H23N5O5. The van der Waals surface area contributed by atoms with Gasteiger partial charge in [0.15, 0.2) is 5.84 Å². The summed E-state index contributed by atoms with van der Waals surface area (Å²) < 4.78 is 0. The number of nitrogens with zero attached hydrogens (tertiary/aromatic N) is 2. The number of oxime groups is 1. The number of carbonyl (C=O) groups excluding carboxylic acids is 2. The van der Waals surface area contributed by atoms with E-state index in [0.29, 0.717) is 29.8 Å². The van der Waals surface area contributed by atoms with Gasteiger partial charge >= 0.3 is 12.0 Å². The van der Waals surface area contributed by atoms with Crippen molar-refractivity contribution in [1.29, 1.82) is 0 Å². The lowest BCUT2D eigenvalue weighted by Crippen LogP contribution is -2.47. The second kappa shape index (κ2) is 9.61. The Morgan fingerprint density at radius 3 is 2.45 bits per heavy atom. The van der Waals surface area contributed by atoms with Crippen LogP contribution in [0.5, 0.6) is 0 Å². The van der Waals surface area contributed by atoms with Crippen LogP contribution in [-0.2, 0) is 9.59 Å². The third kappa shape index (κ3) is 5.30. The number of carboxylic acids is 1. The van der Waals surface area contributed by atoms with Gasteiger partial charge in [-0.1, -0.05) is 35.5 Å². The van der Waals surface area contributed by atoms with Crippen LogP contribution >= 0.6 is 0 Å². The molecule has 1 aliphatic heterocycles.